The zero-order chi connectivity index (χ0) is 18.4. The maximum absolute atomic E-state index is 6.45. The van der Waals surface area contributed by atoms with Gasteiger partial charge in [-0.25, -0.2) is 0 Å². The van der Waals surface area contributed by atoms with Crippen LogP contribution in [0.25, 0.3) is 0 Å². The van der Waals surface area contributed by atoms with Crippen molar-refractivity contribution in [1.29, 1.82) is 0 Å². The molecule has 0 fully saturated rings. The van der Waals surface area contributed by atoms with Crippen LogP contribution in [0, 0.1) is 0 Å². The number of hydrogen-bond donors (Lipinski definition) is 1. The van der Waals surface area contributed by atoms with E-state index in [-0.39, 0.29) is 6.04 Å². The highest BCUT2D eigenvalue weighted by molar-refractivity contribution is 6.32. The molecule has 0 aliphatic carbocycles. The van der Waals surface area contributed by atoms with E-state index >= 15 is 0 Å². The van der Waals surface area contributed by atoms with Crippen molar-refractivity contribution in [2.75, 3.05) is 7.11 Å². The Morgan fingerprint density at radius 2 is 1.81 bits per heavy atom. The summed E-state index contributed by atoms with van der Waals surface area (Å²) in [7, 11) is 1.60. The van der Waals surface area contributed by atoms with Crippen molar-refractivity contribution >= 4 is 11.6 Å². The standard InChI is InChI=1S/C21H21ClN2O2/c1-25-20-13-16(12-18(23)19-9-5-6-10-24-19)11-17(22)21(20)26-14-15-7-3-2-4-8-15/h2-11,13,18H,12,14,23H2,1H3. The Morgan fingerprint density at radius 1 is 1.04 bits per heavy atom. The minimum absolute atomic E-state index is 0.215. The smallest absolute Gasteiger partial charge is 0.180 e. The number of halogens is 1. The van der Waals surface area contributed by atoms with Gasteiger partial charge in [0.25, 0.3) is 0 Å². The molecule has 2 N–H and O–H groups in total. The Kier molecular flexibility index (Phi) is 6.10. The number of nitrogens with zero attached hydrogens (tertiary/aromatic N) is 1. The fraction of sp³-hybridized carbons (Fsp3) is 0.190. The van der Waals surface area contributed by atoms with Gasteiger partial charge in [-0.3, -0.25) is 4.98 Å². The van der Waals surface area contributed by atoms with E-state index in [1.807, 2.05) is 60.7 Å². The van der Waals surface area contributed by atoms with Gasteiger partial charge in [-0.15, -0.1) is 0 Å². The predicted octanol–water partition coefficient (Wildman–Crippen LogP) is 4.57. The summed E-state index contributed by atoms with van der Waals surface area (Å²) in [4.78, 5) is 4.31. The van der Waals surface area contributed by atoms with Gasteiger partial charge in [-0.05, 0) is 41.8 Å². The Labute approximate surface area is 158 Å². The lowest BCUT2D eigenvalue weighted by atomic mass is 10.0. The Morgan fingerprint density at radius 3 is 2.50 bits per heavy atom. The summed E-state index contributed by atoms with van der Waals surface area (Å²) in [5, 5.41) is 0.503. The first-order chi connectivity index (χ1) is 12.7. The number of rotatable bonds is 7. The summed E-state index contributed by atoms with van der Waals surface area (Å²) in [6.45, 7) is 0.420. The largest absolute Gasteiger partial charge is 0.493 e. The van der Waals surface area contributed by atoms with Crippen molar-refractivity contribution in [2.45, 2.75) is 19.1 Å². The van der Waals surface area contributed by atoms with E-state index in [2.05, 4.69) is 4.98 Å². The molecule has 0 aliphatic heterocycles. The van der Waals surface area contributed by atoms with E-state index in [0.29, 0.717) is 29.5 Å². The molecule has 0 spiro atoms. The first-order valence-corrected chi connectivity index (χ1v) is 8.75. The van der Waals surface area contributed by atoms with Crippen LogP contribution in [0.1, 0.15) is 22.9 Å². The fourth-order valence-electron chi connectivity index (χ4n) is 2.71. The maximum atomic E-state index is 6.45. The number of pyridine rings is 1. The van der Waals surface area contributed by atoms with E-state index in [9.17, 15) is 0 Å². The van der Waals surface area contributed by atoms with Gasteiger partial charge in [0.05, 0.1) is 23.9 Å². The Hall–Kier alpha value is -2.56. The summed E-state index contributed by atoms with van der Waals surface area (Å²) in [6.07, 6.45) is 2.34. The van der Waals surface area contributed by atoms with Crippen molar-refractivity contribution < 1.29 is 9.47 Å². The number of aromatic nitrogens is 1. The lowest BCUT2D eigenvalue weighted by molar-refractivity contribution is 0.284. The predicted molar refractivity (Wildman–Crippen MR) is 104 cm³/mol. The average Bonchev–Trinajstić information content (AvgIpc) is 2.68. The monoisotopic (exact) mass is 368 g/mol. The number of hydrogen-bond acceptors (Lipinski definition) is 4. The molecule has 0 amide bonds. The average molecular weight is 369 g/mol. The second kappa shape index (κ2) is 8.70. The molecule has 3 rings (SSSR count). The highest BCUT2D eigenvalue weighted by atomic mass is 35.5. The number of methoxy groups -OCH3 is 1. The van der Waals surface area contributed by atoms with Crippen LogP contribution in [0.2, 0.25) is 5.02 Å². The quantitative estimate of drug-likeness (QED) is 0.664. The molecule has 2 aromatic carbocycles. The number of ether oxygens (including phenoxy) is 2. The van der Waals surface area contributed by atoms with Crippen LogP contribution in [0.4, 0.5) is 0 Å². The van der Waals surface area contributed by atoms with Gasteiger partial charge in [-0.1, -0.05) is 48.0 Å². The molecule has 3 aromatic rings. The Balaban J connectivity index is 1.76. The third kappa shape index (κ3) is 4.54. The van der Waals surface area contributed by atoms with Crippen LogP contribution in [0.15, 0.2) is 66.9 Å². The summed E-state index contributed by atoms with van der Waals surface area (Å²) < 4.78 is 11.4. The molecule has 134 valence electrons. The van der Waals surface area contributed by atoms with Crippen LogP contribution in [-0.2, 0) is 13.0 Å². The van der Waals surface area contributed by atoms with Gasteiger partial charge in [0.1, 0.15) is 6.61 Å². The van der Waals surface area contributed by atoms with Gasteiger partial charge in [0.2, 0.25) is 0 Å². The zero-order valence-corrected chi connectivity index (χ0v) is 15.3. The Bertz CT molecular complexity index is 841. The first-order valence-electron chi connectivity index (χ1n) is 8.37. The molecule has 1 atom stereocenters. The van der Waals surface area contributed by atoms with E-state index < -0.39 is 0 Å². The summed E-state index contributed by atoms with van der Waals surface area (Å²) in [6, 6.07) is 19.2. The van der Waals surface area contributed by atoms with Crippen LogP contribution >= 0.6 is 11.6 Å². The van der Waals surface area contributed by atoms with Crippen LogP contribution in [-0.4, -0.2) is 12.1 Å². The summed E-state index contributed by atoms with van der Waals surface area (Å²) in [5.41, 5.74) is 9.13. The lowest BCUT2D eigenvalue weighted by Crippen LogP contribution is -2.14. The first kappa shape index (κ1) is 18.2. The highest BCUT2D eigenvalue weighted by Gasteiger charge is 2.15. The van der Waals surface area contributed by atoms with Gasteiger partial charge in [0, 0.05) is 6.20 Å². The molecule has 0 saturated carbocycles. The van der Waals surface area contributed by atoms with E-state index in [0.717, 1.165) is 16.8 Å². The highest BCUT2D eigenvalue weighted by Crippen LogP contribution is 2.37. The van der Waals surface area contributed by atoms with Gasteiger partial charge in [-0.2, -0.15) is 0 Å². The second-order valence-electron chi connectivity index (χ2n) is 5.95. The lowest BCUT2D eigenvalue weighted by Gasteiger charge is -2.16. The molecule has 1 unspecified atom stereocenters. The molecule has 1 heterocycles. The van der Waals surface area contributed by atoms with Crippen molar-refractivity contribution in [3.63, 3.8) is 0 Å². The van der Waals surface area contributed by atoms with Crippen molar-refractivity contribution in [3.8, 4) is 11.5 Å². The molecule has 0 radical (unpaired) electrons. The van der Waals surface area contributed by atoms with Gasteiger partial charge in [0.15, 0.2) is 11.5 Å². The van der Waals surface area contributed by atoms with Gasteiger partial charge >= 0.3 is 0 Å². The van der Waals surface area contributed by atoms with Gasteiger partial charge < -0.3 is 15.2 Å². The fourth-order valence-corrected chi connectivity index (χ4v) is 3.00. The molecule has 0 aliphatic rings. The number of nitrogens with two attached hydrogens (primary N) is 1. The number of benzene rings is 2. The molecule has 0 bridgehead atoms. The molecule has 1 aromatic heterocycles. The molecule has 26 heavy (non-hydrogen) atoms. The van der Waals surface area contributed by atoms with Crippen molar-refractivity contribution in [2.24, 2.45) is 5.73 Å². The molecular formula is C21H21ClN2O2. The third-order valence-electron chi connectivity index (χ3n) is 4.04. The SMILES string of the molecule is COc1cc(CC(N)c2ccccn2)cc(Cl)c1OCc1ccccc1. The zero-order valence-electron chi connectivity index (χ0n) is 14.6. The topological polar surface area (TPSA) is 57.4 Å². The third-order valence-corrected chi connectivity index (χ3v) is 4.32. The van der Waals surface area contributed by atoms with E-state index in [1.54, 1.807) is 13.3 Å². The molecule has 0 saturated heterocycles. The minimum atomic E-state index is -0.215. The molecule has 5 heteroatoms. The van der Waals surface area contributed by atoms with Crippen molar-refractivity contribution in [1.82, 2.24) is 4.98 Å². The van der Waals surface area contributed by atoms with E-state index in [4.69, 9.17) is 26.8 Å². The van der Waals surface area contributed by atoms with E-state index in [1.165, 1.54) is 0 Å². The summed E-state index contributed by atoms with van der Waals surface area (Å²) in [5.74, 6) is 1.13. The van der Waals surface area contributed by atoms with Crippen molar-refractivity contribution in [3.05, 3.63) is 88.7 Å². The normalized spacial score (nSPS) is 11.8. The van der Waals surface area contributed by atoms with Crippen LogP contribution in [0.3, 0.4) is 0 Å². The van der Waals surface area contributed by atoms with Crippen LogP contribution < -0.4 is 15.2 Å². The summed E-state index contributed by atoms with van der Waals surface area (Å²) >= 11 is 6.45. The second-order valence-corrected chi connectivity index (χ2v) is 6.36. The molecule has 4 nitrogen and oxygen atoms in total. The minimum Gasteiger partial charge on any atom is -0.493 e. The molecular weight excluding hydrogens is 348 g/mol. The maximum Gasteiger partial charge on any atom is 0.180 e. The van der Waals surface area contributed by atoms with Crippen LogP contribution in [0.5, 0.6) is 11.5 Å².